The molecule has 0 saturated carbocycles. The van der Waals surface area contributed by atoms with Gasteiger partial charge in [-0.2, -0.15) is 0 Å². The van der Waals surface area contributed by atoms with Gasteiger partial charge in [-0.05, 0) is 12.5 Å². The van der Waals surface area contributed by atoms with E-state index in [0.717, 1.165) is 6.07 Å². The monoisotopic (exact) mass is 311 g/mol. The van der Waals surface area contributed by atoms with Gasteiger partial charge >= 0.3 is 0 Å². The van der Waals surface area contributed by atoms with Crippen LogP contribution >= 0.6 is 0 Å². The predicted molar refractivity (Wildman–Crippen MR) is 80.1 cm³/mol. The molecular formula is C15H19F2N3O2. The Labute approximate surface area is 127 Å². The smallest absolute Gasteiger partial charge is 0.132 e. The summed E-state index contributed by atoms with van der Waals surface area (Å²) in [7, 11) is 1.61. The highest BCUT2D eigenvalue weighted by molar-refractivity contribution is 5.74. The minimum Gasteiger partial charge on any atom is -0.396 e. The lowest BCUT2D eigenvalue weighted by atomic mass is 9.87. The molecule has 0 aromatic heterocycles. The van der Waals surface area contributed by atoms with Gasteiger partial charge in [0.05, 0.1) is 25.8 Å². The zero-order valence-corrected chi connectivity index (χ0v) is 12.3. The summed E-state index contributed by atoms with van der Waals surface area (Å²) in [5.41, 5.74) is -0.738. The van der Waals surface area contributed by atoms with Crippen molar-refractivity contribution < 1.29 is 18.6 Å². The maximum atomic E-state index is 14.1. The van der Waals surface area contributed by atoms with E-state index in [2.05, 4.69) is 15.3 Å². The molecule has 2 rings (SSSR count). The number of aliphatic hydroxyl groups is 1. The molecule has 0 aliphatic carbocycles. The maximum absolute atomic E-state index is 14.1. The van der Waals surface area contributed by atoms with Crippen LogP contribution in [0.4, 0.5) is 8.78 Å². The van der Waals surface area contributed by atoms with E-state index in [0.29, 0.717) is 13.0 Å². The van der Waals surface area contributed by atoms with E-state index in [1.54, 1.807) is 7.05 Å². The van der Waals surface area contributed by atoms with Crippen molar-refractivity contribution in [3.63, 3.8) is 0 Å². The van der Waals surface area contributed by atoms with Crippen molar-refractivity contribution in [2.75, 3.05) is 26.8 Å². The molecule has 0 radical (unpaired) electrons. The number of aliphatic hydroxyl groups excluding tert-OH is 1. The number of nitrogens with one attached hydrogen (secondary N) is 1. The van der Waals surface area contributed by atoms with Crippen molar-refractivity contribution in [1.29, 1.82) is 0 Å². The minimum absolute atomic E-state index is 0.0466. The van der Waals surface area contributed by atoms with Gasteiger partial charge in [0.15, 0.2) is 0 Å². The lowest BCUT2D eigenvalue weighted by molar-refractivity contribution is 0.00401. The zero-order valence-electron chi connectivity index (χ0n) is 12.3. The molecule has 1 fully saturated rings. The molecule has 22 heavy (non-hydrogen) atoms. The van der Waals surface area contributed by atoms with E-state index in [1.165, 1.54) is 24.8 Å². The summed E-state index contributed by atoms with van der Waals surface area (Å²) in [4.78, 5) is 7.91. The molecule has 0 spiro atoms. The van der Waals surface area contributed by atoms with Crippen LogP contribution < -0.4 is 5.32 Å². The third-order valence-electron chi connectivity index (χ3n) is 3.61. The number of aliphatic imine (C=N–C) groups is 2. The molecule has 2 atom stereocenters. The standard InChI is InChI=1S/C15H19F2N3O2/c1-18-9-20-10-19-8-15(5-11(6-21)7-22-15)13-3-2-12(16)4-14(13)17/h2-4,9-11,21H,5-8H2,1H3,(H,18,19,20). The molecule has 7 heteroatoms. The van der Waals surface area contributed by atoms with Gasteiger partial charge < -0.3 is 15.2 Å². The van der Waals surface area contributed by atoms with E-state index in [9.17, 15) is 13.9 Å². The minimum atomic E-state index is -0.993. The van der Waals surface area contributed by atoms with Crippen molar-refractivity contribution in [3.05, 3.63) is 35.4 Å². The number of nitrogens with zero attached hydrogens (tertiary/aromatic N) is 2. The zero-order chi connectivity index (χ0) is 16.0. The molecule has 5 nitrogen and oxygen atoms in total. The Morgan fingerprint density at radius 2 is 2.27 bits per heavy atom. The van der Waals surface area contributed by atoms with Crippen LogP contribution in [0.1, 0.15) is 12.0 Å². The summed E-state index contributed by atoms with van der Waals surface area (Å²) in [5, 5.41) is 12.0. The second-order valence-electron chi connectivity index (χ2n) is 5.21. The highest BCUT2D eigenvalue weighted by Crippen LogP contribution is 2.40. The van der Waals surface area contributed by atoms with Crippen molar-refractivity contribution >= 4 is 12.7 Å². The summed E-state index contributed by atoms with van der Waals surface area (Å²) in [5.74, 6) is -1.40. The first-order valence-electron chi connectivity index (χ1n) is 6.96. The van der Waals surface area contributed by atoms with E-state index >= 15 is 0 Å². The van der Waals surface area contributed by atoms with Gasteiger partial charge in [0.1, 0.15) is 17.2 Å². The molecule has 1 heterocycles. The number of halogens is 2. The van der Waals surface area contributed by atoms with E-state index in [-0.39, 0.29) is 24.6 Å². The molecule has 2 unspecified atom stereocenters. The van der Waals surface area contributed by atoms with Crippen molar-refractivity contribution in [1.82, 2.24) is 5.32 Å². The fraction of sp³-hybridized carbons (Fsp3) is 0.467. The Balaban J connectivity index is 2.24. The van der Waals surface area contributed by atoms with Crippen LogP contribution in [0.15, 0.2) is 28.2 Å². The third-order valence-corrected chi connectivity index (χ3v) is 3.61. The van der Waals surface area contributed by atoms with Gasteiger partial charge in [0.2, 0.25) is 0 Å². The number of rotatable bonds is 6. The quantitative estimate of drug-likeness (QED) is 0.617. The molecule has 1 aliphatic rings. The van der Waals surface area contributed by atoms with Gasteiger partial charge in [-0.3, -0.25) is 9.98 Å². The lowest BCUT2D eigenvalue weighted by Gasteiger charge is -2.27. The average Bonchev–Trinajstić information content (AvgIpc) is 2.91. The van der Waals surface area contributed by atoms with E-state index < -0.39 is 17.2 Å². The lowest BCUT2D eigenvalue weighted by Crippen LogP contribution is -2.31. The van der Waals surface area contributed by atoms with E-state index in [1.807, 2.05) is 0 Å². The van der Waals surface area contributed by atoms with Crippen LogP contribution in [-0.4, -0.2) is 44.6 Å². The van der Waals surface area contributed by atoms with Gasteiger partial charge in [0.25, 0.3) is 0 Å². The van der Waals surface area contributed by atoms with E-state index in [4.69, 9.17) is 4.74 Å². The summed E-state index contributed by atoms with van der Waals surface area (Å²) >= 11 is 0. The first-order valence-corrected chi connectivity index (χ1v) is 6.96. The van der Waals surface area contributed by atoms with Crippen LogP contribution in [0.5, 0.6) is 0 Å². The number of benzene rings is 1. The molecule has 0 bridgehead atoms. The number of ether oxygens (including phenoxy) is 1. The highest BCUT2D eigenvalue weighted by Gasteiger charge is 2.43. The summed E-state index contributed by atoms with van der Waals surface area (Å²) in [6, 6.07) is 3.40. The fourth-order valence-corrected chi connectivity index (χ4v) is 2.57. The first kappa shape index (κ1) is 16.5. The van der Waals surface area contributed by atoms with Crippen molar-refractivity contribution in [3.8, 4) is 0 Å². The Hall–Kier alpha value is -1.86. The third kappa shape index (κ3) is 3.66. The largest absolute Gasteiger partial charge is 0.396 e. The topological polar surface area (TPSA) is 66.2 Å². The Morgan fingerprint density at radius 1 is 1.45 bits per heavy atom. The summed E-state index contributed by atoms with van der Waals surface area (Å²) < 4.78 is 33.0. The van der Waals surface area contributed by atoms with Crippen LogP contribution in [-0.2, 0) is 10.3 Å². The van der Waals surface area contributed by atoms with Crippen LogP contribution in [0.3, 0.4) is 0 Å². The van der Waals surface area contributed by atoms with Crippen LogP contribution in [0.2, 0.25) is 0 Å². The molecule has 1 aliphatic heterocycles. The Bertz CT molecular complexity index is 566. The van der Waals surface area contributed by atoms with Gasteiger partial charge in [-0.15, -0.1) is 0 Å². The van der Waals surface area contributed by atoms with Crippen molar-refractivity contribution in [2.45, 2.75) is 12.0 Å². The number of hydrogen-bond donors (Lipinski definition) is 2. The molecule has 1 saturated heterocycles. The maximum Gasteiger partial charge on any atom is 0.132 e. The Kier molecular flexibility index (Phi) is 5.57. The van der Waals surface area contributed by atoms with Crippen molar-refractivity contribution in [2.24, 2.45) is 15.9 Å². The average molecular weight is 311 g/mol. The normalized spacial score (nSPS) is 25.4. The van der Waals surface area contributed by atoms with Crippen LogP contribution in [0, 0.1) is 17.6 Å². The predicted octanol–water partition coefficient (Wildman–Crippen LogP) is 1.46. The van der Waals surface area contributed by atoms with Gasteiger partial charge in [-0.1, -0.05) is 6.07 Å². The second-order valence-corrected chi connectivity index (χ2v) is 5.21. The SMILES string of the molecule is CN=CNC=NCC1(c2ccc(F)cc2F)CC(CO)CO1. The molecule has 1 aromatic rings. The molecule has 2 N–H and O–H groups in total. The second kappa shape index (κ2) is 7.42. The number of hydrogen-bond acceptors (Lipinski definition) is 4. The highest BCUT2D eigenvalue weighted by atomic mass is 19.1. The molecule has 1 aromatic carbocycles. The van der Waals surface area contributed by atoms with Gasteiger partial charge in [-0.25, -0.2) is 8.78 Å². The fourth-order valence-electron chi connectivity index (χ4n) is 2.57. The molecular weight excluding hydrogens is 292 g/mol. The first-order chi connectivity index (χ1) is 10.6. The van der Waals surface area contributed by atoms with Gasteiger partial charge in [0, 0.05) is 31.2 Å². The Morgan fingerprint density at radius 3 is 2.91 bits per heavy atom. The van der Waals surface area contributed by atoms with Crippen LogP contribution in [0.25, 0.3) is 0 Å². The molecule has 0 amide bonds. The summed E-state index contributed by atoms with van der Waals surface area (Å²) in [6.07, 6.45) is 3.32. The molecule has 120 valence electrons. The summed E-state index contributed by atoms with van der Waals surface area (Å²) in [6.45, 7) is 0.429.